The summed E-state index contributed by atoms with van der Waals surface area (Å²) in [5, 5.41) is 5.10. The highest BCUT2D eigenvalue weighted by Gasteiger charge is 2.16. The molecule has 2 heteroatoms. The van der Waals surface area contributed by atoms with Crippen LogP contribution in [0.5, 0.6) is 0 Å². The molecule has 0 aliphatic heterocycles. The first-order valence-corrected chi connectivity index (χ1v) is 17.2. The number of hydrogen-bond donors (Lipinski definition) is 0. The number of anilines is 3. The van der Waals surface area contributed by atoms with E-state index in [0.29, 0.717) is 0 Å². The topological polar surface area (TPSA) is 3.24 Å². The molecule has 1 aromatic heterocycles. The zero-order valence-corrected chi connectivity index (χ0v) is 27.1. The number of fused-ring (bicyclic) bond motifs is 4. The van der Waals surface area contributed by atoms with Gasteiger partial charge in [-0.25, -0.2) is 0 Å². The Balaban J connectivity index is 1.16. The van der Waals surface area contributed by atoms with Crippen molar-refractivity contribution in [1.82, 2.24) is 0 Å². The molecule has 0 saturated heterocycles. The molecule has 0 atom stereocenters. The highest BCUT2D eigenvalue weighted by atomic mass is 32.1. The maximum atomic E-state index is 2.39. The van der Waals surface area contributed by atoms with E-state index in [1.807, 2.05) is 11.3 Å². The Hall–Kier alpha value is -5.96. The molecule has 226 valence electrons. The predicted octanol–water partition coefficient (Wildman–Crippen LogP) is 13.7. The highest BCUT2D eigenvalue weighted by molar-refractivity contribution is 7.25. The van der Waals surface area contributed by atoms with Crippen molar-refractivity contribution in [3.8, 4) is 33.4 Å². The third-order valence-electron chi connectivity index (χ3n) is 9.23. The minimum atomic E-state index is 1.12. The van der Waals surface area contributed by atoms with Crippen LogP contribution < -0.4 is 4.90 Å². The van der Waals surface area contributed by atoms with Crippen LogP contribution in [0.4, 0.5) is 17.1 Å². The average molecular weight is 630 g/mol. The van der Waals surface area contributed by atoms with Crippen LogP contribution >= 0.6 is 11.3 Å². The fourth-order valence-corrected chi connectivity index (χ4v) is 7.89. The summed E-state index contributed by atoms with van der Waals surface area (Å²) in [4.78, 5) is 2.39. The third-order valence-corrected chi connectivity index (χ3v) is 10.4. The van der Waals surface area contributed by atoms with Gasteiger partial charge in [0.25, 0.3) is 0 Å². The Labute approximate surface area is 284 Å². The van der Waals surface area contributed by atoms with Crippen LogP contribution in [0.2, 0.25) is 0 Å². The second kappa shape index (κ2) is 12.0. The lowest BCUT2D eigenvalue weighted by Crippen LogP contribution is -2.10. The quantitative estimate of drug-likeness (QED) is 0.177. The van der Waals surface area contributed by atoms with Crippen molar-refractivity contribution in [2.45, 2.75) is 0 Å². The van der Waals surface area contributed by atoms with Gasteiger partial charge in [-0.15, -0.1) is 11.3 Å². The molecular weight excluding hydrogens is 599 g/mol. The highest BCUT2D eigenvalue weighted by Crippen LogP contribution is 2.42. The number of nitrogens with zero attached hydrogens (tertiary/aromatic N) is 1. The number of rotatable bonds is 6. The van der Waals surface area contributed by atoms with Crippen molar-refractivity contribution in [3.63, 3.8) is 0 Å². The normalized spacial score (nSPS) is 11.3. The van der Waals surface area contributed by atoms with Gasteiger partial charge in [0.15, 0.2) is 0 Å². The first-order valence-electron chi connectivity index (χ1n) is 16.3. The van der Waals surface area contributed by atoms with E-state index in [1.165, 1.54) is 64.3 Å². The van der Waals surface area contributed by atoms with Gasteiger partial charge in [-0.05, 0) is 105 Å². The fourth-order valence-electron chi connectivity index (χ4n) is 6.81. The SMILES string of the molecule is c1ccc(-c2cccc(-c3ccc(N(c4cccc(-c5ccc6ccccc6c5)c4)c4ccc5sc6ccccc6c5c4)cc3)c2)cc1. The molecule has 8 aromatic carbocycles. The molecular formula is C46H31NS. The van der Waals surface area contributed by atoms with E-state index >= 15 is 0 Å². The first kappa shape index (κ1) is 28.3. The largest absolute Gasteiger partial charge is 0.310 e. The van der Waals surface area contributed by atoms with Gasteiger partial charge >= 0.3 is 0 Å². The summed E-state index contributed by atoms with van der Waals surface area (Å²) in [6.07, 6.45) is 0. The molecule has 0 bridgehead atoms. The lowest BCUT2D eigenvalue weighted by Gasteiger charge is -2.26. The molecule has 0 unspecified atom stereocenters. The Morgan fingerprint density at radius 3 is 1.69 bits per heavy atom. The van der Waals surface area contributed by atoms with Crippen LogP contribution in [0.1, 0.15) is 0 Å². The molecule has 0 aliphatic carbocycles. The van der Waals surface area contributed by atoms with Crippen LogP contribution in [-0.4, -0.2) is 0 Å². The van der Waals surface area contributed by atoms with Crippen LogP contribution in [-0.2, 0) is 0 Å². The van der Waals surface area contributed by atoms with Gasteiger partial charge < -0.3 is 4.90 Å². The zero-order valence-electron chi connectivity index (χ0n) is 26.3. The third kappa shape index (κ3) is 5.23. The lowest BCUT2D eigenvalue weighted by atomic mass is 9.98. The number of benzene rings is 8. The van der Waals surface area contributed by atoms with Crippen molar-refractivity contribution in [2.24, 2.45) is 0 Å². The van der Waals surface area contributed by atoms with Crippen molar-refractivity contribution in [3.05, 3.63) is 188 Å². The van der Waals surface area contributed by atoms with Gasteiger partial charge in [-0.1, -0.05) is 127 Å². The molecule has 9 aromatic rings. The van der Waals surface area contributed by atoms with Gasteiger partial charge in [-0.2, -0.15) is 0 Å². The Kier molecular flexibility index (Phi) is 7.07. The molecule has 0 saturated carbocycles. The van der Waals surface area contributed by atoms with Gasteiger partial charge in [0, 0.05) is 37.2 Å². The predicted molar refractivity (Wildman–Crippen MR) is 208 cm³/mol. The first-order chi connectivity index (χ1) is 23.8. The second-order valence-corrected chi connectivity index (χ2v) is 13.3. The molecule has 48 heavy (non-hydrogen) atoms. The fraction of sp³-hybridized carbons (Fsp3) is 0. The van der Waals surface area contributed by atoms with Crippen molar-refractivity contribution in [1.29, 1.82) is 0 Å². The molecule has 0 radical (unpaired) electrons. The van der Waals surface area contributed by atoms with E-state index in [4.69, 9.17) is 0 Å². The van der Waals surface area contributed by atoms with Crippen LogP contribution in [0.15, 0.2) is 188 Å². The summed E-state index contributed by atoms with van der Waals surface area (Å²) in [7, 11) is 0. The van der Waals surface area contributed by atoms with Crippen LogP contribution in [0.3, 0.4) is 0 Å². The van der Waals surface area contributed by atoms with Gasteiger partial charge in [0.2, 0.25) is 0 Å². The standard InChI is InChI=1S/C46H31NS/c1-2-10-32(11-3-1)36-14-8-15-37(28-36)34-22-24-40(25-23-34)47(42-26-27-46-44(31-42)43-18-6-7-19-45(43)48-46)41-17-9-16-38(30-41)39-21-20-33-12-4-5-13-35(33)29-39/h1-31H. The molecule has 9 rings (SSSR count). The van der Waals surface area contributed by atoms with E-state index in [0.717, 1.165) is 17.1 Å². The number of thiophene rings is 1. The molecule has 0 aliphatic rings. The minimum Gasteiger partial charge on any atom is -0.310 e. The summed E-state index contributed by atoms with van der Waals surface area (Å²) >= 11 is 1.85. The molecule has 1 nitrogen and oxygen atoms in total. The molecule has 1 heterocycles. The Morgan fingerprint density at radius 1 is 0.292 bits per heavy atom. The van der Waals surface area contributed by atoms with Crippen LogP contribution in [0, 0.1) is 0 Å². The Morgan fingerprint density at radius 2 is 0.854 bits per heavy atom. The van der Waals surface area contributed by atoms with Gasteiger partial charge in [0.05, 0.1) is 0 Å². The summed E-state index contributed by atoms with van der Waals surface area (Å²) in [5.74, 6) is 0. The van der Waals surface area contributed by atoms with Crippen molar-refractivity contribution in [2.75, 3.05) is 4.90 Å². The smallest absolute Gasteiger partial charge is 0.0468 e. The maximum absolute atomic E-state index is 2.39. The van der Waals surface area contributed by atoms with E-state index in [-0.39, 0.29) is 0 Å². The van der Waals surface area contributed by atoms with Crippen molar-refractivity contribution >= 4 is 59.3 Å². The van der Waals surface area contributed by atoms with E-state index in [1.54, 1.807) is 0 Å². The molecule has 0 N–H and O–H groups in total. The van der Waals surface area contributed by atoms with E-state index in [9.17, 15) is 0 Å². The summed E-state index contributed by atoms with van der Waals surface area (Å²) in [5.41, 5.74) is 10.6. The number of hydrogen-bond acceptors (Lipinski definition) is 2. The molecule has 0 spiro atoms. The van der Waals surface area contributed by atoms with Crippen LogP contribution in [0.25, 0.3) is 64.3 Å². The minimum absolute atomic E-state index is 1.12. The van der Waals surface area contributed by atoms with Crippen molar-refractivity contribution < 1.29 is 0 Å². The summed E-state index contributed by atoms with van der Waals surface area (Å²) in [6, 6.07) is 68.2. The zero-order chi connectivity index (χ0) is 31.9. The van der Waals surface area contributed by atoms with E-state index in [2.05, 4.69) is 193 Å². The van der Waals surface area contributed by atoms with Gasteiger partial charge in [0.1, 0.15) is 0 Å². The van der Waals surface area contributed by atoms with Gasteiger partial charge in [-0.3, -0.25) is 0 Å². The molecule has 0 amide bonds. The second-order valence-electron chi connectivity index (χ2n) is 12.2. The maximum Gasteiger partial charge on any atom is 0.0468 e. The monoisotopic (exact) mass is 629 g/mol. The lowest BCUT2D eigenvalue weighted by molar-refractivity contribution is 1.29. The summed E-state index contributed by atoms with van der Waals surface area (Å²) < 4.78 is 2.62. The summed E-state index contributed by atoms with van der Waals surface area (Å²) in [6.45, 7) is 0. The van der Waals surface area contributed by atoms with E-state index < -0.39 is 0 Å². The average Bonchev–Trinajstić information content (AvgIpc) is 3.54. The molecule has 0 fully saturated rings. The Bertz CT molecular complexity index is 2560.